The van der Waals surface area contributed by atoms with Crippen LogP contribution in [0.4, 0.5) is 0 Å². The Morgan fingerprint density at radius 1 is 1.12 bits per heavy atom. The van der Waals surface area contributed by atoms with Gasteiger partial charge in [-0.1, -0.05) is 58.0 Å². The van der Waals surface area contributed by atoms with Crippen LogP contribution in [0.2, 0.25) is 15.1 Å². The van der Waals surface area contributed by atoms with E-state index < -0.39 is 22.1 Å². The fourth-order valence-electron chi connectivity index (χ4n) is 1.80. The van der Waals surface area contributed by atoms with Crippen molar-refractivity contribution < 1.29 is 9.90 Å². The van der Waals surface area contributed by atoms with Gasteiger partial charge >= 0.3 is 5.97 Å². The first-order valence-corrected chi connectivity index (χ1v) is 6.41. The minimum atomic E-state index is -1.35. The molecular weight excluding hydrogens is 329 g/mol. The molecule has 0 bridgehead atoms. The molecule has 1 N–H and O–H groups in total. The van der Waals surface area contributed by atoms with Crippen molar-refractivity contribution in [3.8, 4) is 0 Å². The van der Waals surface area contributed by atoms with E-state index in [1.165, 1.54) is 12.1 Å². The maximum Gasteiger partial charge on any atom is 0.310 e. The molecule has 7 heteroatoms. The van der Waals surface area contributed by atoms with Crippen LogP contribution in [0.3, 0.4) is 0 Å². The smallest absolute Gasteiger partial charge is 0.310 e. The summed E-state index contributed by atoms with van der Waals surface area (Å²) in [6.45, 7) is 0. The van der Waals surface area contributed by atoms with Gasteiger partial charge in [0.1, 0.15) is 10.3 Å². The molecule has 2 atom stereocenters. The first kappa shape index (κ1) is 13.6. The van der Waals surface area contributed by atoms with Gasteiger partial charge < -0.3 is 5.11 Å². The van der Waals surface area contributed by atoms with Gasteiger partial charge in [-0.15, -0.1) is 0 Å². The summed E-state index contributed by atoms with van der Waals surface area (Å²) in [6.07, 6.45) is 0. The molecule has 17 heavy (non-hydrogen) atoms. The summed E-state index contributed by atoms with van der Waals surface area (Å²) in [5, 5.41) is 9.85. The van der Waals surface area contributed by atoms with Crippen LogP contribution >= 0.6 is 58.0 Å². The standard InChI is InChI=1S/C10H5Cl5O2/c11-4-2-6(13)5(12)1-3(4)7-8(9(16)17)10(7,14)15/h1-2,7-8H,(H,16,17)/t7-,8+/m0/s1. The van der Waals surface area contributed by atoms with Gasteiger partial charge in [0.25, 0.3) is 0 Å². The molecule has 0 heterocycles. The lowest BCUT2D eigenvalue weighted by molar-refractivity contribution is -0.138. The molecule has 0 aliphatic heterocycles. The third kappa shape index (κ3) is 2.22. The predicted octanol–water partition coefficient (Wildman–Crippen LogP) is 4.62. The summed E-state index contributed by atoms with van der Waals surface area (Å²) < 4.78 is -1.35. The molecule has 1 aromatic carbocycles. The summed E-state index contributed by atoms with van der Waals surface area (Å²) in [5.74, 6) is -2.53. The van der Waals surface area contributed by atoms with Crippen molar-refractivity contribution in [3.63, 3.8) is 0 Å². The Morgan fingerprint density at radius 3 is 2.12 bits per heavy atom. The average Bonchev–Trinajstić information content (AvgIpc) is 2.75. The van der Waals surface area contributed by atoms with E-state index in [1.54, 1.807) is 0 Å². The highest BCUT2D eigenvalue weighted by atomic mass is 35.5. The highest BCUT2D eigenvalue weighted by Gasteiger charge is 2.68. The molecule has 92 valence electrons. The molecule has 0 radical (unpaired) electrons. The van der Waals surface area contributed by atoms with Crippen LogP contribution in [0, 0.1) is 5.92 Å². The number of carboxylic acid groups (broad SMARTS) is 1. The van der Waals surface area contributed by atoms with E-state index in [0.717, 1.165) is 0 Å². The third-order valence-corrected chi connectivity index (χ3v) is 4.68. The van der Waals surface area contributed by atoms with E-state index in [9.17, 15) is 4.79 Å². The third-order valence-electron chi connectivity index (χ3n) is 2.69. The summed E-state index contributed by atoms with van der Waals surface area (Å²) in [5.41, 5.74) is 0.499. The number of halogens is 5. The Labute approximate surface area is 122 Å². The van der Waals surface area contributed by atoms with Crippen molar-refractivity contribution in [2.45, 2.75) is 10.3 Å². The number of hydrogen-bond acceptors (Lipinski definition) is 1. The SMILES string of the molecule is O=C(O)[C@H]1[C@H](c2cc(Cl)c(Cl)cc2Cl)C1(Cl)Cl. The molecule has 0 saturated heterocycles. The number of benzene rings is 1. The Bertz CT molecular complexity index is 500. The Morgan fingerprint density at radius 2 is 1.65 bits per heavy atom. The highest BCUT2D eigenvalue weighted by Crippen LogP contribution is 2.66. The van der Waals surface area contributed by atoms with E-state index in [-0.39, 0.29) is 5.02 Å². The molecule has 1 aliphatic carbocycles. The Balaban J connectivity index is 2.44. The number of aliphatic carboxylic acids is 1. The lowest BCUT2D eigenvalue weighted by Crippen LogP contribution is -2.03. The van der Waals surface area contributed by atoms with Crippen LogP contribution in [0.25, 0.3) is 0 Å². The van der Waals surface area contributed by atoms with Gasteiger partial charge in [-0.25, -0.2) is 0 Å². The van der Waals surface area contributed by atoms with Gasteiger partial charge in [0, 0.05) is 10.9 Å². The lowest BCUT2D eigenvalue weighted by Gasteiger charge is -2.05. The lowest BCUT2D eigenvalue weighted by atomic mass is 10.1. The minimum Gasteiger partial charge on any atom is -0.481 e. The molecular formula is C10H5Cl5O2. The maximum atomic E-state index is 11.0. The maximum absolute atomic E-state index is 11.0. The summed E-state index contributed by atoms with van der Waals surface area (Å²) in [7, 11) is 0. The fourth-order valence-corrected chi connectivity index (χ4v) is 3.27. The quantitative estimate of drug-likeness (QED) is 0.633. The molecule has 0 aromatic heterocycles. The molecule has 2 nitrogen and oxygen atoms in total. The van der Waals surface area contributed by atoms with Crippen LogP contribution < -0.4 is 0 Å². The van der Waals surface area contributed by atoms with Gasteiger partial charge in [-0.3, -0.25) is 4.79 Å². The van der Waals surface area contributed by atoms with Crippen LogP contribution in [0.1, 0.15) is 11.5 Å². The van der Waals surface area contributed by atoms with Crippen molar-refractivity contribution in [2.75, 3.05) is 0 Å². The second-order valence-corrected chi connectivity index (χ2v) is 6.42. The molecule has 1 fully saturated rings. The molecule has 1 aromatic rings. The molecule has 1 saturated carbocycles. The van der Waals surface area contributed by atoms with E-state index in [4.69, 9.17) is 63.1 Å². The molecule has 2 rings (SSSR count). The van der Waals surface area contributed by atoms with Crippen molar-refractivity contribution in [1.82, 2.24) is 0 Å². The van der Waals surface area contributed by atoms with E-state index in [0.29, 0.717) is 15.6 Å². The van der Waals surface area contributed by atoms with Gasteiger partial charge in [-0.2, -0.15) is 0 Å². The van der Waals surface area contributed by atoms with Crippen LogP contribution in [0.5, 0.6) is 0 Å². The van der Waals surface area contributed by atoms with Crippen molar-refractivity contribution in [3.05, 3.63) is 32.8 Å². The number of carboxylic acids is 1. The van der Waals surface area contributed by atoms with Crippen molar-refractivity contribution >= 4 is 64.0 Å². The van der Waals surface area contributed by atoms with Gasteiger partial charge in [-0.05, 0) is 17.7 Å². The second kappa shape index (κ2) is 4.36. The topological polar surface area (TPSA) is 37.3 Å². The Hall–Kier alpha value is 0.140. The molecule has 0 amide bonds. The zero-order valence-corrected chi connectivity index (χ0v) is 11.8. The second-order valence-electron chi connectivity index (χ2n) is 3.76. The monoisotopic (exact) mass is 332 g/mol. The van der Waals surface area contributed by atoms with Gasteiger partial charge in [0.2, 0.25) is 0 Å². The zero-order chi connectivity index (χ0) is 13.0. The van der Waals surface area contributed by atoms with Crippen LogP contribution in [-0.4, -0.2) is 15.4 Å². The fraction of sp³-hybridized carbons (Fsp3) is 0.300. The number of rotatable bonds is 2. The molecule has 0 unspecified atom stereocenters. The number of alkyl halides is 2. The van der Waals surface area contributed by atoms with Crippen LogP contribution in [-0.2, 0) is 4.79 Å². The molecule has 0 spiro atoms. The zero-order valence-electron chi connectivity index (χ0n) is 8.05. The van der Waals surface area contributed by atoms with Crippen molar-refractivity contribution in [2.24, 2.45) is 5.92 Å². The highest BCUT2D eigenvalue weighted by molar-refractivity contribution is 6.53. The minimum absolute atomic E-state index is 0.284. The summed E-state index contributed by atoms with van der Waals surface area (Å²) >= 11 is 29.5. The Kier molecular flexibility index (Phi) is 3.48. The van der Waals surface area contributed by atoms with E-state index in [1.807, 2.05) is 0 Å². The van der Waals surface area contributed by atoms with Gasteiger partial charge in [0.15, 0.2) is 0 Å². The first-order valence-electron chi connectivity index (χ1n) is 4.52. The first-order chi connectivity index (χ1) is 7.76. The van der Waals surface area contributed by atoms with E-state index in [2.05, 4.69) is 0 Å². The predicted molar refractivity (Wildman–Crippen MR) is 69.8 cm³/mol. The number of hydrogen-bond donors (Lipinski definition) is 1. The van der Waals surface area contributed by atoms with Crippen molar-refractivity contribution in [1.29, 1.82) is 0 Å². The summed E-state index contributed by atoms with van der Waals surface area (Å²) in [4.78, 5) is 11.0. The number of carbonyl (C=O) groups is 1. The largest absolute Gasteiger partial charge is 0.481 e. The average molecular weight is 334 g/mol. The normalized spacial score (nSPS) is 25.7. The molecule has 1 aliphatic rings. The van der Waals surface area contributed by atoms with Crippen LogP contribution in [0.15, 0.2) is 12.1 Å². The van der Waals surface area contributed by atoms with E-state index >= 15 is 0 Å². The van der Waals surface area contributed by atoms with Gasteiger partial charge in [0.05, 0.1) is 10.0 Å². The summed E-state index contributed by atoms with van der Waals surface area (Å²) in [6, 6.07) is 2.95.